The summed E-state index contributed by atoms with van der Waals surface area (Å²) in [6.45, 7) is 4.26. The zero-order chi connectivity index (χ0) is 15.2. The summed E-state index contributed by atoms with van der Waals surface area (Å²) in [4.78, 5) is 10.9. The first kappa shape index (κ1) is 17.1. The van der Waals surface area contributed by atoms with E-state index in [2.05, 4.69) is 33.2 Å². The molecule has 0 saturated carbocycles. The Kier molecular flexibility index (Phi) is 9.68. The average Bonchev–Trinajstić information content (AvgIpc) is 2.50. The van der Waals surface area contributed by atoms with Gasteiger partial charge in [-0.05, 0) is 38.0 Å². The monoisotopic (exact) mass is 292 g/mol. The first-order valence-corrected chi connectivity index (χ1v) is 7.23. The van der Waals surface area contributed by atoms with Gasteiger partial charge in [0.05, 0.1) is 0 Å². The molecule has 0 aromatic heterocycles. The van der Waals surface area contributed by atoms with Crippen molar-refractivity contribution in [3.8, 4) is 0 Å². The van der Waals surface area contributed by atoms with Crippen LogP contribution in [0.3, 0.4) is 0 Å². The highest BCUT2D eigenvalue weighted by Gasteiger charge is 1.95. The molecule has 0 saturated heterocycles. The average molecular weight is 292 g/mol. The van der Waals surface area contributed by atoms with Crippen LogP contribution in [0.2, 0.25) is 0 Å². The zero-order valence-electron chi connectivity index (χ0n) is 12.2. The van der Waals surface area contributed by atoms with E-state index < -0.39 is 0 Å². The number of hydrogen-bond acceptors (Lipinski definition) is 5. The maximum absolute atomic E-state index is 10.9. The molecule has 0 heterocycles. The van der Waals surface area contributed by atoms with E-state index in [0.717, 1.165) is 45.2 Å². The maximum atomic E-state index is 10.9. The largest absolute Gasteiger partial charge is 0.411 e. The van der Waals surface area contributed by atoms with Gasteiger partial charge in [0.2, 0.25) is 0 Å². The van der Waals surface area contributed by atoms with Crippen molar-refractivity contribution < 1.29 is 10.0 Å². The van der Waals surface area contributed by atoms with Gasteiger partial charge in [-0.3, -0.25) is 4.79 Å². The summed E-state index contributed by atoms with van der Waals surface area (Å²) < 4.78 is 0. The minimum absolute atomic E-state index is 0.373. The number of nitrogens with one attached hydrogen (secondary N) is 3. The molecule has 0 aliphatic carbocycles. The van der Waals surface area contributed by atoms with Crippen molar-refractivity contribution in [2.24, 2.45) is 5.16 Å². The molecule has 0 aliphatic rings. The van der Waals surface area contributed by atoms with Gasteiger partial charge < -0.3 is 21.2 Å². The highest BCUT2D eigenvalue weighted by atomic mass is 16.4. The number of oxime groups is 1. The Labute approximate surface area is 125 Å². The molecule has 6 nitrogen and oxygen atoms in total. The Morgan fingerprint density at radius 1 is 1.05 bits per heavy atom. The van der Waals surface area contributed by atoms with E-state index in [9.17, 15) is 4.79 Å². The Balaban J connectivity index is 1.84. The molecule has 0 atom stereocenters. The van der Waals surface area contributed by atoms with Crippen molar-refractivity contribution in [2.45, 2.75) is 19.4 Å². The molecule has 0 radical (unpaired) electrons. The Morgan fingerprint density at radius 3 is 2.43 bits per heavy atom. The summed E-state index contributed by atoms with van der Waals surface area (Å²) in [5, 5.41) is 20.1. The molecule has 1 rings (SSSR count). The van der Waals surface area contributed by atoms with Gasteiger partial charge in [-0.2, -0.15) is 0 Å². The summed E-state index contributed by atoms with van der Waals surface area (Å²) in [6.07, 6.45) is 2.77. The molecular formula is C15H24N4O2. The molecule has 0 bridgehead atoms. The minimum atomic E-state index is -0.373. The number of hydrogen-bond donors (Lipinski definition) is 4. The van der Waals surface area contributed by atoms with Crippen LogP contribution in [0.4, 0.5) is 0 Å². The van der Waals surface area contributed by atoms with Gasteiger partial charge in [0, 0.05) is 13.1 Å². The van der Waals surface area contributed by atoms with E-state index in [1.165, 1.54) is 5.56 Å². The fraction of sp³-hybridized carbons (Fsp3) is 0.467. The van der Waals surface area contributed by atoms with Crippen LogP contribution in [0.15, 0.2) is 35.5 Å². The summed E-state index contributed by atoms with van der Waals surface area (Å²) >= 11 is 0. The molecule has 6 heteroatoms. The van der Waals surface area contributed by atoms with E-state index in [4.69, 9.17) is 5.21 Å². The van der Waals surface area contributed by atoms with Gasteiger partial charge in [0.1, 0.15) is 6.21 Å². The summed E-state index contributed by atoms with van der Waals surface area (Å²) in [5.41, 5.74) is 1.30. The van der Waals surface area contributed by atoms with Crippen molar-refractivity contribution in [3.05, 3.63) is 35.9 Å². The number of benzene rings is 1. The smallest absolute Gasteiger partial charge is 0.265 e. The highest BCUT2D eigenvalue weighted by molar-refractivity contribution is 6.25. The van der Waals surface area contributed by atoms with Crippen molar-refractivity contribution in [2.75, 3.05) is 26.2 Å². The minimum Gasteiger partial charge on any atom is -0.411 e. The molecule has 1 aromatic rings. The SMILES string of the molecule is O=C(C=NO)NCCCNCCCNCc1ccccc1. The van der Waals surface area contributed by atoms with Crippen molar-refractivity contribution >= 4 is 12.1 Å². The first-order valence-electron chi connectivity index (χ1n) is 7.23. The van der Waals surface area contributed by atoms with E-state index in [1.54, 1.807) is 0 Å². The normalized spacial score (nSPS) is 10.9. The lowest BCUT2D eigenvalue weighted by Gasteiger charge is -2.07. The van der Waals surface area contributed by atoms with Crippen LogP contribution in [0.1, 0.15) is 18.4 Å². The maximum Gasteiger partial charge on any atom is 0.265 e. The Hall–Kier alpha value is -1.92. The fourth-order valence-corrected chi connectivity index (χ4v) is 1.82. The lowest BCUT2D eigenvalue weighted by atomic mass is 10.2. The molecular weight excluding hydrogens is 268 g/mol. The second-order valence-electron chi connectivity index (χ2n) is 4.66. The first-order chi connectivity index (χ1) is 10.3. The molecule has 0 spiro atoms. The second-order valence-corrected chi connectivity index (χ2v) is 4.66. The van der Waals surface area contributed by atoms with E-state index in [-0.39, 0.29) is 5.91 Å². The number of carbonyl (C=O) groups excluding carboxylic acids is 1. The van der Waals surface area contributed by atoms with Gasteiger partial charge in [0.25, 0.3) is 5.91 Å². The summed E-state index contributed by atoms with van der Waals surface area (Å²) in [6, 6.07) is 10.3. The van der Waals surface area contributed by atoms with Gasteiger partial charge in [-0.15, -0.1) is 0 Å². The third-order valence-electron chi connectivity index (χ3n) is 2.88. The predicted octanol–water partition coefficient (Wildman–Crippen LogP) is 0.722. The predicted molar refractivity (Wildman–Crippen MR) is 83.5 cm³/mol. The van der Waals surface area contributed by atoms with Crippen LogP contribution < -0.4 is 16.0 Å². The van der Waals surface area contributed by atoms with Gasteiger partial charge in [-0.1, -0.05) is 35.5 Å². The quantitative estimate of drug-likeness (QED) is 0.209. The zero-order valence-corrected chi connectivity index (χ0v) is 12.2. The van der Waals surface area contributed by atoms with Gasteiger partial charge in [-0.25, -0.2) is 0 Å². The van der Waals surface area contributed by atoms with Crippen molar-refractivity contribution in [3.63, 3.8) is 0 Å². The number of nitrogens with zero attached hydrogens (tertiary/aromatic N) is 1. The van der Waals surface area contributed by atoms with Crippen molar-refractivity contribution in [1.82, 2.24) is 16.0 Å². The van der Waals surface area contributed by atoms with Gasteiger partial charge >= 0.3 is 0 Å². The van der Waals surface area contributed by atoms with E-state index in [0.29, 0.717) is 6.54 Å². The molecule has 0 aliphatic heterocycles. The molecule has 1 aromatic carbocycles. The number of amides is 1. The van der Waals surface area contributed by atoms with Gasteiger partial charge in [0.15, 0.2) is 0 Å². The lowest BCUT2D eigenvalue weighted by molar-refractivity contribution is -0.114. The summed E-state index contributed by atoms with van der Waals surface area (Å²) in [5.74, 6) is -0.373. The van der Waals surface area contributed by atoms with E-state index in [1.807, 2.05) is 18.2 Å². The van der Waals surface area contributed by atoms with Crippen LogP contribution in [-0.4, -0.2) is 43.5 Å². The number of carbonyl (C=O) groups is 1. The molecule has 21 heavy (non-hydrogen) atoms. The Morgan fingerprint density at radius 2 is 1.71 bits per heavy atom. The van der Waals surface area contributed by atoms with Crippen LogP contribution >= 0.6 is 0 Å². The lowest BCUT2D eigenvalue weighted by Crippen LogP contribution is -2.28. The highest BCUT2D eigenvalue weighted by Crippen LogP contribution is 1.96. The molecule has 1 amide bonds. The second kappa shape index (κ2) is 11.9. The Bertz CT molecular complexity index is 409. The number of rotatable bonds is 11. The van der Waals surface area contributed by atoms with Crippen LogP contribution in [0.5, 0.6) is 0 Å². The molecule has 4 N–H and O–H groups in total. The standard InChI is InChI=1S/C15H24N4O2/c20-15(13-19-21)18-11-5-9-16-8-4-10-17-12-14-6-2-1-3-7-14/h1-3,6-7,13,16-17,21H,4-5,8-12H2,(H,18,20). The summed E-state index contributed by atoms with van der Waals surface area (Å²) in [7, 11) is 0. The molecule has 116 valence electrons. The van der Waals surface area contributed by atoms with Crippen LogP contribution in [0.25, 0.3) is 0 Å². The third-order valence-corrected chi connectivity index (χ3v) is 2.88. The van der Waals surface area contributed by atoms with E-state index >= 15 is 0 Å². The molecule has 0 unspecified atom stereocenters. The van der Waals surface area contributed by atoms with Crippen LogP contribution in [-0.2, 0) is 11.3 Å². The molecule has 0 fully saturated rings. The third kappa shape index (κ3) is 9.59. The fourth-order valence-electron chi connectivity index (χ4n) is 1.82. The van der Waals surface area contributed by atoms with Crippen molar-refractivity contribution in [1.29, 1.82) is 0 Å². The topological polar surface area (TPSA) is 85.8 Å². The van der Waals surface area contributed by atoms with Crippen LogP contribution in [0, 0.1) is 0 Å².